The lowest BCUT2D eigenvalue weighted by Crippen LogP contribution is -1.93. The summed E-state index contributed by atoms with van der Waals surface area (Å²) < 4.78 is 4.69. The Morgan fingerprint density at radius 3 is 2.50 bits per heavy atom. The summed E-state index contributed by atoms with van der Waals surface area (Å²) in [7, 11) is 0. The van der Waals surface area contributed by atoms with E-state index < -0.39 is 0 Å². The lowest BCUT2D eigenvalue weighted by atomic mass is 10.4. The van der Waals surface area contributed by atoms with Gasteiger partial charge < -0.3 is 3.79 Å². The van der Waals surface area contributed by atoms with Crippen LogP contribution >= 0.6 is 23.2 Å². The third-order valence-electron chi connectivity index (χ3n) is 0.685. The summed E-state index contributed by atoms with van der Waals surface area (Å²) in [6.07, 6.45) is 1.72. The van der Waals surface area contributed by atoms with Gasteiger partial charge in [0.25, 0.3) is 0 Å². The fraction of sp³-hybridized carbons (Fsp3) is 1.00. The quantitative estimate of drug-likeness (QED) is 0.353. The molecule has 0 aliphatic rings. The summed E-state index contributed by atoms with van der Waals surface area (Å²) in [5.74, 6) is 0. The van der Waals surface area contributed by atoms with Gasteiger partial charge in [-0.2, -0.15) is 0 Å². The molecular formula is C4H7AlCl2O. The third-order valence-corrected chi connectivity index (χ3v) is 1.36. The van der Waals surface area contributed by atoms with Crippen LogP contribution in [0.15, 0.2) is 0 Å². The van der Waals surface area contributed by atoms with Crippen LogP contribution < -0.4 is 0 Å². The molecule has 0 saturated heterocycles. The van der Waals surface area contributed by atoms with Crippen molar-refractivity contribution in [2.24, 2.45) is 0 Å². The maximum atomic E-state index is 5.42. The highest BCUT2D eigenvalue weighted by atomic mass is 35.5. The van der Waals surface area contributed by atoms with Crippen LogP contribution in [0.1, 0.15) is 12.8 Å². The highest BCUT2D eigenvalue weighted by Crippen LogP contribution is 2.08. The molecule has 0 saturated carbocycles. The Morgan fingerprint density at radius 1 is 1.50 bits per heavy atom. The van der Waals surface area contributed by atoms with E-state index in [9.17, 15) is 0 Å². The molecule has 0 aliphatic carbocycles. The van der Waals surface area contributed by atoms with Crippen molar-refractivity contribution >= 4 is 39.8 Å². The van der Waals surface area contributed by atoms with Crippen molar-refractivity contribution in [3.05, 3.63) is 0 Å². The van der Waals surface area contributed by atoms with Gasteiger partial charge in [0.15, 0.2) is 0 Å². The van der Waals surface area contributed by atoms with Crippen LogP contribution in [0.3, 0.4) is 0 Å². The molecule has 0 aromatic heterocycles. The number of rotatable bonds is 4. The number of hydrogen-bond acceptors (Lipinski definition) is 1. The molecule has 4 heteroatoms. The van der Waals surface area contributed by atoms with Gasteiger partial charge in [0.2, 0.25) is 0 Å². The first kappa shape index (κ1) is 9.07. The second-order valence-corrected chi connectivity index (χ2v) is 3.01. The monoisotopic (exact) mass is 168 g/mol. The van der Waals surface area contributed by atoms with E-state index in [-0.39, 0.29) is 4.84 Å². The molecule has 0 aliphatic heterocycles. The van der Waals surface area contributed by atoms with Crippen LogP contribution in [0.25, 0.3) is 0 Å². The molecule has 0 spiro atoms. The van der Waals surface area contributed by atoms with E-state index in [0.29, 0.717) is 6.61 Å². The minimum atomic E-state index is -0.241. The summed E-state index contributed by atoms with van der Waals surface area (Å²) in [4.78, 5) is -0.241. The van der Waals surface area contributed by atoms with Gasteiger partial charge >= 0.3 is 16.6 Å². The molecule has 0 fully saturated rings. The molecule has 8 heavy (non-hydrogen) atoms. The predicted molar refractivity (Wildman–Crippen MR) is 36.4 cm³/mol. The summed E-state index contributed by atoms with van der Waals surface area (Å²) in [5.41, 5.74) is 0. The number of hydrogen-bond donors (Lipinski definition) is 0. The molecule has 0 amide bonds. The molecule has 1 nitrogen and oxygen atoms in total. The standard InChI is InChI=1S/C4H7Cl2O.Al/c5-4(6)2-1-3-7;/h4H,1-3H2;/q-1;+1. The van der Waals surface area contributed by atoms with Gasteiger partial charge in [-0.25, -0.2) is 0 Å². The van der Waals surface area contributed by atoms with Crippen molar-refractivity contribution < 1.29 is 3.79 Å². The summed E-state index contributed by atoms with van der Waals surface area (Å²) in [6, 6.07) is 0. The number of halogens is 2. The molecule has 0 rings (SSSR count). The first-order chi connectivity index (χ1) is 3.77. The van der Waals surface area contributed by atoms with Crippen LogP contribution in [-0.2, 0) is 3.79 Å². The maximum absolute atomic E-state index is 5.42. The predicted octanol–water partition coefficient (Wildman–Crippen LogP) is 1.67. The van der Waals surface area contributed by atoms with Crippen molar-refractivity contribution in [2.75, 3.05) is 6.61 Å². The molecule has 0 heterocycles. The molecule has 0 aromatic carbocycles. The minimum absolute atomic E-state index is 0.241. The molecule has 0 bridgehead atoms. The minimum Gasteiger partial charge on any atom is -0.516 e. The zero-order chi connectivity index (χ0) is 6.41. The van der Waals surface area contributed by atoms with Gasteiger partial charge in [-0.05, 0) is 12.8 Å². The highest BCUT2D eigenvalue weighted by Gasteiger charge is 1.95. The normalized spacial score (nSPS) is 10.4. The first-order valence-electron chi connectivity index (χ1n) is 2.37. The van der Waals surface area contributed by atoms with Gasteiger partial charge in [-0.1, -0.05) is 0 Å². The third kappa shape index (κ3) is 7.07. The topological polar surface area (TPSA) is 9.23 Å². The van der Waals surface area contributed by atoms with E-state index >= 15 is 0 Å². The van der Waals surface area contributed by atoms with Crippen LogP contribution in [0.5, 0.6) is 0 Å². The Bertz CT molecular complexity index is 51.3. The largest absolute Gasteiger partial charge is 0.516 e. The van der Waals surface area contributed by atoms with Crippen molar-refractivity contribution in [1.29, 1.82) is 0 Å². The van der Waals surface area contributed by atoms with Crippen LogP contribution in [0.2, 0.25) is 0 Å². The first-order valence-corrected chi connectivity index (χ1v) is 3.71. The van der Waals surface area contributed by atoms with E-state index in [1.165, 1.54) is 0 Å². The zero-order valence-corrected chi connectivity index (χ0v) is 7.11. The van der Waals surface area contributed by atoms with Crippen LogP contribution in [0.4, 0.5) is 0 Å². The Hall–Kier alpha value is 1.07. The van der Waals surface area contributed by atoms with Gasteiger partial charge in [0, 0.05) is 6.61 Å². The Morgan fingerprint density at radius 2 is 2.12 bits per heavy atom. The molecule has 46 valence electrons. The maximum Gasteiger partial charge on any atom is 0.369 e. The average Bonchev–Trinajstić information content (AvgIpc) is 1.66. The molecule has 0 N–H and O–H groups in total. The van der Waals surface area contributed by atoms with E-state index in [0.717, 1.165) is 12.8 Å². The zero-order valence-electron chi connectivity index (χ0n) is 4.44. The molecular weight excluding hydrogens is 162 g/mol. The average molecular weight is 169 g/mol. The van der Waals surface area contributed by atoms with Crippen LogP contribution in [-0.4, -0.2) is 28.1 Å². The van der Waals surface area contributed by atoms with E-state index in [2.05, 4.69) is 16.6 Å². The van der Waals surface area contributed by atoms with Gasteiger partial charge in [-0.3, -0.25) is 0 Å². The van der Waals surface area contributed by atoms with E-state index in [1.54, 1.807) is 0 Å². The fourth-order valence-electron chi connectivity index (χ4n) is 0.321. The summed E-state index contributed by atoms with van der Waals surface area (Å²) >= 11 is 13.0. The Kier molecular flexibility index (Phi) is 7.03. The van der Waals surface area contributed by atoms with Gasteiger partial charge in [-0.15, -0.1) is 23.2 Å². The van der Waals surface area contributed by atoms with Crippen molar-refractivity contribution in [1.82, 2.24) is 0 Å². The van der Waals surface area contributed by atoms with E-state index in [1.807, 2.05) is 0 Å². The molecule has 0 aromatic rings. The fourth-order valence-corrected chi connectivity index (χ4v) is 0.796. The second kappa shape index (κ2) is 6.20. The Balaban J connectivity index is 2.72. The molecule has 2 radical (unpaired) electrons. The van der Waals surface area contributed by atoms with Crippen molar-refractivity contribution in [3.63, 3.8) is 0 Å². The van der Waals surface area contributed by atoms with Crippen molar-refractivity contribution in [2.45, 2.75) is 17.7 Å². The number of alkyl halides is 2. The lowest BCUT2D eigenvalue weighted by Gasteiger charge is -1.99. The van der Waals surface area contributed by atoms with Crippen LogP contribution in [0, 0.1) is 0 Å². The van der Waals surface area contributed by atoms with Gasteiger partial charge in [0.05, 0.1) is 0 Å². The second-order valence-electron chi connectivity index (χ2n) is 1.40. The van der Waals surface area contributed by atoms with Gasteiger partial charge in [0.1, 0.15) is 4.84 Å². The highest BCUT2D eigenvalue weighted by molar-refractivity contribution is 6.44. The molecule has 0 atom stereocenters. The molecule has 0 unspecified atom stereocenters. The Labute approximate surface area is 68.1 Å². The van der Waals surface area contributed by atoms with E-state index in [4.69, 9.17) is 27.0 Å². The van der Waals surface area contributed by atoms with Crippen molar-refractivity contribution in [3.8, 4) is 0 Å². The summed E-state index contributed by atoms with van der Waals surface area (Å²) in [6.45, 7) is 0.709. The lowest BCUT2D eigenvalue weighted by molar-refractivity contribution is 0.338. The smallest absolute Gasteiger partial charge is 0.369 e. The summed E-state index contributed by atoms with van der Waals surface area (Å²) in [5, 5.41) is 0. The SMILES string of the molecule is [Al][O]CCCC(Cl)Cl.